The molecule has 0 amide bonds. The second-order valence-corrected chi connectivity index (χ2v) is 6.53. The van der Waals surface area contributed by atoms with E-state index < -0.39 is 24.2 Å². The monoisotopic (exact) mass is 339 g/mol. The molecule has 134 valence electrons. The van der Waals surface area contributed by atoms with Crippen molar-refractivity contribution in [3.8, 4) is 0 Å². The van der Waals surface area contributed by atoms with Crippen LogP contribution in [0.25, 0.3) is 0 Å². The average Bonchev–Trinajstić information content (AvgIpc) is 2.52. The summed E-state index contributed by atoms with van der Waals surface area (Å²) in [5.41, 5.74) is 11.3. The van der Waals surface area contributed by atoms with Crippen LogP contribution in [0, 0.1) is 11.8 Å². The molecule has 7 N–H and O–H groups in total. The van der Waals surface area contributed by atoms with Gasteiger partial charge in [0, 0.05) is 12.5 Å². The molecule has 1 aromatic rings. The minimum Gasteiger partial charge on any atom is -0.459 e. The average molecular weight is 339 g/mol. The summed E-state index contributed by atoms with van der Waals surface area (Å²) < 4.78 is 5.26. The van der Waals surface area contributed by atoms with E-state index in [2.05, 4.69) is 15.3 Å². The van der Waals surface area contributed by atoms with Gasteiger partial charge in [-0.25, -0.2) is 0 Å². The minimum absolute atomic E-state index is 0.0372. The SMILES string of the molecule is CC(C)[C@H](N)C(=O)O[C@@H](C)[C@H](O)[C@H]1CNc2nc(N)[nH]c(=O)c2C1. The highest BCUT2D eigenvalue weighted by Gasteiger charge is 2.33. The van der Waals surface area contributed by atoms with Crippen molar-refractivity contribution in [1.82, 2.24) is 9.97 Å². The zero-order valence-electron chi connectivity index (χ0n) is 14.1. The number of H-pyrrole nitrogens is 1. The molecule has 0 radical (unpaired) electrons. The molecule has 4 atom stereocenters. The number of nitrogen functional groups attached to an aromatic ring is 1. The van der Waals surface area contributed by atoms with E-state index in [-0.39, 0.29) is 23.3 Å². The Labute approximate surface area is 139 Å². The number of rotatable bonds is 5. The smallest absolute Gasteiger partial charge is 0.323 e. The van der Waals surface area contributed by atoms with Crippen LogP contribution in [0.2, 0.25) is 0 Å². The molecule has 1 aliphatic rings. The standard InChI is InChI=1S/C15H25N5O4/c1-6(2)10(16)14(23)24-7(3)11(21)8-4-9-12(18-5-8)19-15(17)20-13(9)22/h6-8,10-11,21H,4-5,16H2,1-3H3,(H4,17,18,19,20,22)/t7-,8+,10-,11-/m0/s1. The highest BCUT2D eigenvalue weighted by atomic mass is 16.6. The van der Waals surface area contributed by atoms with Crippen LogP contribution in [0.5, 0.6) is 0 Å². The van der Waals surface area contributed by atoms with Gasteiger partial charge in [-0.15, -0.1) is 0 Å². The topological polar surface area (TPSA) is 156 Å². The number of anilines is 2. The molecular formula is C15H25N5O4. The normalized spacial score (nSPS) is 20.7. The molecule has 1 aliphatic heterocycles. The molecule has 0 bridgehead atoms. The Morgan fingerprint density at radius 1 is 1.42 bits per heavy atom. The Bertz CT molecular complexity index is 660. The number of nitrogens with one attached hydrogen (secondary N) is 2. The lowest BCUT2D eigenvalue weighted by molar-refractivity contribution is -0.158. The Hall–Kier alpha value is -2.13. The van der Waals surface area contributed by atoms with E-state index >= 15 is 0 Å². The maximum Gasteiger partial charge on any atom is 0.323 e. The predicted molar refractivity (Wildman–Crippen MR) is 89.3 cm³/mol. The molecule has 0 aliphatic carbocycles. The molecule has 2 heterocycles. The zero-order chi connectivity index (χ0) is 18.0. The molecule has 2 rings (SSSR count). The lowest BCUT2D eigenvalue weighted by Gasteiger charge is -2.32. The van der Waals surface area contributed by atoms with E-state index in [1.165, 1.54) is 0 Å². The first-order valence-corrected chi connectivity index (χ1v) is 7.97. The molecule has 1 aromatic heterocycles. The third-order valence-electron chi connectivity index (χ3n) is 4.29. The molecule has 0 spiro atoms. The van der Waals surface area contributed by atoms with Crippen molar-refractivity contribution in [3.05, 3.63) is 15.9 Å². The largest absolute Gasteiger partial charge is 0.459 e. The van der Waals surface area contributed by atoms with Crippen molar-refractivity contribution in [2.24, 2.45) is 17.6 Å². The summed E-state index contributed by atoms with van der Waals surface area (Å²) in [4.78, 5) is 30.4. The van der Waals surface area contributed by atoms with Crippen LogP contribution in [0.15, 0.2) is 4.79 Å². The number of aliphatic hydroxyl groups excluding tert-OH is 1. The quantitative estimate of drug-likeness (QED) is 0.437. The van der Waals surface area contributed by atoms with Crippen molar-refractivity contribution in [2.45, 2.75) is 45.4 Å². The Morgan fingerprint density at radius 2 is 2.08 bits per heavy atom. The van der Waals surface area contributed by atoms with Gasteiger partial charge in [0.1, 0.15) is 18.0 Å². The van der Waals surface area contributed by atoms with Gasteiger partial charge in [-0.3, -0.25) is 14.6 Å². The summed E-state index contributed by atoms with van der Waals surface area (Å²) in [5, 5.41) is 13.5. The van der Waals surface area contributed by atoms with Crippen LogP contribution in [-0.4, -0.2) is 45.8 Å². The van der Waals surface area contributed by atoms with Gasteiger partial charge in [-0.2, -0.15) is 4.98 Å². The second-order valence-electron chi connectivity index (χ2n) is 6.53. The third kappa shape index (κ3) is 3.85. The van der Waals surface area contributed by atoms with E-state index in [0.717, 1.165) is 0 Å². The molecule has 9 heteroatoms. The predicted octanol–water partition coefficient (Wildman–Crippen LogP) is -0.788. The van der Waals surface area contributed by atoms with Gasteiger partial charge >= 0.3 is 5.97 Å². The Kier molecular flexibility index (Phi) is 5.45. The van der Waals surface area contributed by atoms with Crippen LogP contribution in [-0.2, 0) is 16.0 Å². The number of nitrogens with two attached hydrogens (primary N) is 2. The number of carbonyl (C=O) groups excluding carboxylic acids is 1. The van der Waals surface area contributed by atoms with Crippen molar-refractivity contribution in [3.63, 3.8) is 0 Å². The number of nitrogens with zero attached hydrogens (tertiary/aromatic N) is 1. The third-order valence-corrected chi connectivity index (χ3v) is 4.29. The summed E-state index contributed by atoms with van der Waals surface area (Å²) >= 11 is 0. The maximum atomic E-state index is 12.0. The number of carbonyl (C=O) groups is 1. The number of hydrogen-bond acceptors (Lipinski definition) is 8. The van der Waals surface area contributed by atoms with Crippen LogP contribution in [0.4, 0.5) is 11.8 Å². The molecular weight excluding hydrogens is 314 g/mol. The second kappa shape index (κ2) is 7.18. The number of hydrogen-bond donors (Lipinski definition) is 5. The van der Waals surface area contributed by atoms with Crippen molar-refractivity contribution in [2.75, 3.05) is 17.6 Å². The van der Waals surface area contributed by atoms with Gasteiger partial charge in [-0.05, 0) is 19.3 Å². The van der Waals surface area contributed by atoms with E-state index in [0.29, 0.717) is 24.3 Å². The fourth-order valence-corrected chi connectivity index (χ4v) is 2.64. The van der Waals surface area contributed by atoms with E-state index in [4.69, 9.17) is 16.2 Å². The van der Waals surface area contributed by atoms with E-state index in [1.54, 1.807) is 6.92 Å². The summed E-state index contributed by atoms with van der Waals surface area (Å²) in [7, 11) is 0. The van der Waals surface area contributed by atoms with Gasteiger partial charge < -0.3 is 26.6 Å². The molecule has 0 saturated carbocycles. The molecule has 24 heavy (non-hydrogen) atoms. The van der Waals surface area contributed by atoms with Gasteiger partial charge in [-0.1, -0.05) is 13.8 Å². The highest BCUT2D eigenvalue weighted by molar-refractivity contribution is 5.76. The van der Waals surface area contributed by atoms with Crippen LogP contribution >= 0.6 is 0 Å². The number of esters is 1. The Morgan fingerprint density at radius 3 is 2.71 bits per heavy atom. The van der Waals surface area contributed by atoms with Gasteiger partial charge in [0.05, 0.1) is 11.7 Å². The number of aromatic nitrogens is 2. The van der Waals surface area contributed by atoms with Crippen molar-refractivity contribution in [1.29, 1.82) is 0 Å². The molecule has 0 fully saturated rings. The van der Waals surface area contributed by atoms with E-state index in [1.807, 2.05) is 13.8 Å². The summed E-state index contributed by atoms with van der Waals surface area (Å²) in [6, 6.07) is -0.736. The summed E-state index contributed by atoms with van der Waals surface area (Å²) in [6.45, 7) is 5.64. The van der Waals surface area contributed by atoms with Crippen LogP contribution in [0.3, 0.4) is 0 Å². The lowest BCUT2D eigenvalue weighted by Crippen LogP contribution is -2.45. The highest BCUT2D eigenvalue weighted by Crippen LogP contribution is 2.24. The lowest BCUT2D eigenvalue weighted by atomic mass is 9.89. The van der Waals surface area contributed by atoms with Crippen LogP contribution < -0.4 is 22.3 Å². The first-order valence-electron chi connectivity index (χ1n) is 7.97. The van der Waals surface area contributed by atoms with E-state index in [9.17, 15) is 14.7 Å². The zero-order valence-corrected chi connectivity index (χ0v) is 14.1. The van der Waals surface area contributed by atoms with Crippen LogP contribution in [0.1, 0.15) is 26.3 Å². The van der Waals surface area contributed by atoms with Gasteiger partial charge in [0.15, 0.2) is 0 Å². The molecule has 0 aromatic carbocycles. The molecule has 0 saturated heterocycles. The van der Waals surface area contributed by atoms with Gasteiger partial charge in [0.25, 0.3) is 5.56 Å². The fraction of sp³-hybridized carbons (Fsp3) is 0.667. The maximum absolute atomic E-state index is 12.0. The Balaban J connectivity index is 2.04. The van der Waals surface area contributed by atoms with Gasteiger partial charge in [0.2, 0.25) is 5.95 Å². The fourth-order valence-electron chi connectivity index (χ4n) is 2.64. The number of aromatic amines is 1. The molecule has 9 nitrogen and oxygen atoms in total. The number of aliphatic hydroxyl groups is 1. The number of fused-ring (bicyclic) bond motifs is 1. The molecule has 0 unspecified atom stereocenters. The minimum atomic E-state index is -0.939. The number of ether oxygens (including phenoxy) is 1. The first kappa shape index (κ1) is 18.2. The van der Waals surface area contributed by atoms with Crippen molar-refractivity contribution < 1.29 is 14.6 Å². The summed E-state index contributed by atoms with van der Waals surface area (Å²) in [6.07, 6.45) is -1.37. The first-order chi connectivity index (χ1) is 11.2. The van der Waals surface area contributed by atoms with Crippen molar-refractivity contribution >= 4 is 17.7 Å². The summed E-state index contributed by atoms with van der Waals surface area (Å²) in [5.74, 6) is -0.448.